The standard InChI is InChI=1S/C26H21Cl2N3O4S2/c1-15-3-5-16(6-4-15)14-35-21-10-7-17(11-22(21)34-2)12-23-24(32)31(26(36)37-23)30-25(33)29-18-8-9-19(27)20(28)13-18/h3-13H,14H2,1-2H3,(H2,29,30,33)/b23-12+. The molecule has 0 radical (unpaired) electrons. The molecule has 11 heteroatoms. The molecule has 1 fully saturated rings. The van der Waals surface area contributed by atoms with Crippen molar-refractivity contribution in [2.24, 2.45) is 0 Å². The van der Waals surface area contributed by atoms with Gasteiger partial charge in [-0.3, -0.25) is 4.79 Å². The average molecular weight is 575 g/mol. The summed E-state index contributed by atoms with van der Waals surface area (Å²) in [6.07, 6.45) is 1.67. The van der Waals surface area contributed by atoms with E-state index in [0.717, 1.165) is 22.3 Å². The molecule has 1 saturated heterocycles. The average Bonchev–Trinajstić information content (AvgIpc) is 3.13. The number of anilines is 1. The van der Waals surface area contributed by atoms with Gasteiger partial charge in [-0.1, -0.05) is 70.9 Å². The van der Waals surface area contributed by atoms with E-state index in [0.29, 0.717) is 39.3 Å². The van der Waals surface area contributed by atoms with Crippen LogP contribution in [0.3, 0.4) is 0 Å². The summed E-state index contributed by atoms with van der Waals surface area (Å²) in [5, 5.41) is 4.24. The Labute approximate surface area is 233 Å². The van der Waals surface area contributed by atoms with Crippen LogP contribution in [0.4, 0.5) is 10.5 Å². The molecule has 7 nitrogen and oxygen atoms in total. The van der Waals surface area contributed by atoms with Gasteiger partial charge in [0.15, 0.2) is 15.8 Å². The second kappa shape index (κ2) is 11.9. The molecule has 37 heavy (non-hydrogen) atoms. The third kappa shape index (κ3) is 6.75. The third-order valence-electron chi connectivity index (χ3n) is 5.18. The topological polar surface area (TPSA) is 79.9 Å². The van der Waals surface area contributed by atoms with Gasteiger partial charge in [-0.25, -0.2) is 10.2 Å². The minimum absolute atomic E-state index is 0.186. The number of halogens is 2. The maximum atomic E-state index is 12.9. The molecule has 0 bridgehead atoms. The Balaban J connectivity index is 1.42. The molecule has 0 unspecified atom stereocenters. The fourth-order valence-electron chi connectivity index (χ4n) is 3.29. The zero-order valence-electron chi connectivity index (χ0n) is 19.7. The molecule has 0 atom stereocenters. The van der Waals surface area contributed by atoms with Crippen LogP contribution in [0.15, 0.2) is 65.6 Å². The van der Waals surface area contributed by atoms with Crippen LogP contribution >= 0.6 is 47.2 Å². The number of ether oxygens (including phenoxy) is 2. The molecule has 0 spiro atoms. The van der Waals surface area contributed by atoms with Gasteiger partial charge in [0.05, 0.1) is 22.1 Å². The van der Waals surface area contributed by atoms with Gasteiger partial charge in [-0.05, 0) is 66.7 Å². The number of benzene rings is 3. The van der Waals surface area contributed by atoms with Crippen LogP contribution in [0.2, 0.25) is 10.0 Å². The second-order valence-corrected chi connectivity index (χ2v) is 10.4. The smallest absolute Gasteiger partial charge is 0.338 e. The lowest BCUT2D eigenvalue weighted by atomic mass is 10.1. The van der Waals surface area contributed by atoms with Crippen LogP contribution in [0, 0.1) is 6.92 Å². The summed E-state index contributed by atoms with van der Waals surface area (Å²) in [7, 11) is 1.55. The summed E-state index contributed by atoms with van der Waals surface area (Å²) in [5.41, 5.74) is 5.79. The summed E-state index contributed by atoms with van der Waals surface area (Å²) < 4.78 is 11.6. The number of thioether (sulfide) groups is 1. The fraction of sp³-hybridized carbons (Fsp3) is 0.115. The largest absolute Gasteiger partial charge is 0.493 e. The number of aryl methyl sites for hydroxylation is 1. The number of nitrogens with zero attached hydrogens (tertiary/aromatic N) is 1. The highest BCUT2D eigenvalue weighted by atomic mass is 35.5. The van der Waals surface area contributed by atoms with E-state index in [1.165, 1.54) is 11.6 Å². The van der Waals surface area contributed by atoms with Crippen LogP contribution < -0.4 is 20.2 Å². The van der Waals surface area contributed by atoms with Crippen molar-refractivity contribution in [3.63, 3.8) is 0 Å². The van der Waals surface area contributed by atoms with Crippen LogP contribution in [-0.4, -0.2) is 28.4 Å². The first-order chi connectivity index (χ1) is 17.7. The second-order valence-electron chi connectivity index (χ2n) is 7.90. The molecule has 3 aromatic carbocycles. The lowest BCUT2D eigenvalue weighted by Gasteiger charge is -2.16. The molecule has 1 aliphatic heterocycles. The Hall–Kier alpha value is -3.24. The highest BCUT2D eigenvalue weighted by Gasteiger charge is 2.33. The Morgan fingerprint density at radius 1 is 1.05 bits per heavy atom. The number of urea groups is 1. The van der Waals surface area contributed by atoms with E-state index >= 15 is 0 Å². The van der Waals surface area contributed by atoms with Crippen LogP contribution in [0.25, 0.3) is 6.08 Å². The zero-order chi connectivity index (χ0) is 26.5. The number of nitrogens with one attached hydrogen (secondary N) is 2. The van der Waals surface area contributed by atoms with E-state index in [2.05, 4.69) is 10.7 Å². The van der Waals surface area contributed by atoms with Crippen molar-refractivity contribution in [3.05, 3.63) is 92.3 Å². The molecule has 3 amide bonds. The van der Waals surface area contributed by atoms with Gasteiger partial charge in [0.2, 0.25) is 0 Å². The van der Waals surface area contributed by atoms with E-state index in [-0.39, 0.29) is 9.34 Å². The monoisotopic (exact) mass is 573 g/mol. The van der Waals surface area contributed by atoms with Gasteiger partial charge in [0.1, 0.15) is 6.61 Å². The number of amides is 3. The molecule has 0 saturated carbocycles. The molecular weight excluding hydrogens is 553 g/mol. The molecule has 0 aromatic heterocycles. The minimum Gasteiger partial charge on any atom is -0.493 e. The Kier molecular flexibility index (Phi) is 8.60. The van der Waals surface area contributed by atoms with Gasteiger partial charge < -0.3 is 14.8 Å². The number of methoxy groups -OCH3 is 1. The van der Waals surface area contributed by atoms with Crippen LogP contribution in [0.1, 0.15) is 16.7 Å². The first kappa shape index (κ1) is 26.8. The number of carbonyl (C=O) groups is 2. The Bertz CT molecular complexity index is 1400. The molecule has 1 heterocycles. The van der Waals surface area contributed by atoms with Crippen LogP contribution in [-0.2, 0) is 11.4 Å². The quantitative estimate of drug-likeness (QED) is 0.238. The Morgan fingerprint density at radius 3 is 2.51 bits per heavy atom. The summed E-state index contributed by atoms with van der Waals surface area (Å²) >= 11 is 18.2. The maximum Gasteiger partial charge on any atom is 0.338 e. The van der Waals surface area contributed by atoms with E-state index in [4.69, 9.17) is 44.9 Å². The van der Waals surface area contributed by atoms with Gasteiger partial charge in [0.25, 0.3) is 5.91 Å². The zero-order valence-corrected chi connectivity index (χ0v) is 22.9. The van der Waals surface area contributed by atoms with E-state index < -0.39 is 11.9 Å². The molecule has 2 N–H and O–H groups in total. The highest BCUT2D eigenvalue weighted by Crippen LogP contribution is 2.34. The van der Waals surface area contributed by atoms with E-state index in [1.807, 2.05) is 37.3 Å². The lowest BCUT2D eigenvalue weighted by Crippen LogP contribution is -2.46. The molecule has 1 aliphatic rings. The van der Waals surface area contributed by atoms with Gasteiger partial charge in [-0.2, -0.15) is 5.01 Å². The van der Waals surface area contributed by atoms with E-state index in [9.17, 15) is 9.59 Å². The lowest BCUT2D eigenvalue weighted by molar-refractivity contribution is -0.123. The van der Waals surface area contributed by atoms with Gasteiger partial charge >= 0.3 is 6.03 Å². The van der Waals surface area contributed by atoms with Crippen molar-refractivity contribution in [2.45, 2.75) is 13.5 Å². The molecule has 3 aromatic rings. The number of hydrazine groups is 1. The van der Waals surface area contributed by atoms with Gasteiger partial charge in [0, 0.05) is 5.69 Å². The molecule has 4 rings (SSSR count). The number of carbonyl (C=O) groups excluding carboxylic acids is 2. The SMILES string of the molecule is COc1cc(/C=C2/SC(=S)N(NC(=O)Nc3ccc(Cl)c(Cl)c3)C2=O)ccc1OCc1ccc(C)cc1. The Morgan fingerprint density at radius 2 is 1.81 bits per heavy atom. The first-order valence-electron chi connectivity index (χ1n) is 10.9. The summed E-state index contributed by atoms with van der Waals surface area (Å²) in [5.74, 6) is 0.641. The van der Waals surface area contributed by atoms with Crippen molar-refractivity contribution < 1.29 is 19.1 Å². The van der Waals surface area contributed by atoms with Crippen molar-refractivity contribution in [2.75, 3.05) is 12.4 Å². The number of rotatable bonds is 7. The van der Waals surface area contributed by atoms with Crippen molar-refractivity contribution in [1.29, 1.82) is 0 Å². The van der Waals surface area contributed by atoms with Gasteiger partial charge in [-0.15, -0.1) is 0 Å². The van der Waals surface area contributed by atoms with Crippen molar-refractivity contribution >= 4 is 75.2 Å². The molecule has 190 valence electrons. The molecule has 0 aliphatic carbocycles. The summed E-state index contributed by atoms with van der Waals surface area (Å²) in [6.45, 7) is 2.42. The number of hydrogen-bond donors (Lipinski definition) is 2. The van der Waals surface area contributed by atoms with Crippen molar-refractivity contribution in [1.82, 2.24) is 10.4 Å². The minimum atomic E-state index is -0.660. The number of thiocarbonyl (C=S) groups is 1. The fourth-order valence-corrected chi connectivity index (χ4v) is 4.77. The predicted octanol–water partition coefficient (Wildman–Crippen LogP) is 6.83. The van der Waals surface area contributed by atoms with Crippen molar-refractivity contribution in [3.8, 4) is 11.5 Å². The van der Waals surface area contributed by atoms with Crippen LogP contribution in [0.5, 0.6) is 11.5 Å². The number of hydrogen-bond acceptors (Lipinski definition) is 6. The summed E-state index contributed by atoms with van der Waals surface area (Å²) in [6, 6.07) is 17.4. The highest BCUT2D eigenvalue weighted by molar-refractivity contribution is 8.26. The van der Waals surface area contributed by atoms with E-state index in [1.54, 1.807) is 37.5 Å². The molecular formula is C26H21Cl2N3O4S2. The summed E-state index contributed by atoms with van der Waals surface area (Å²) in [4.78, 5) is 25.7. The third-order valence-corrected chi connectivity index (χ3v) is 7.23. The normalized spacial score (nSPS) is 14.2. The maximum absolute atomic E-state index is 12.9. The predicted molar refractivity (Wildman–Crippen MR) is 152 cm³/mol. The first-order valence-corrected chi connectivity index (χ1v) is 12.9.